The van der Waals surface area contributed by atoms with Gasteiger partial charge in [0.15, 0.2) is 11.7 Å². The van der Waals surface area contributed by atoms with Crippen LogP contribution >= 0.6 is 0 Å². The molecule has 0 unspecified atom stereocenters. The Labute approximate surface area is 60.4 Å². The van der Waals surface area contributed by atoms with E-state index < -0.39 is 0 Å². The van der Waals surface area contributed by atoms with Gasteiger partial charge in [-0.2, -0.15) is 5.10 Å². The van der Waals surface area contributed by atoms with Crippen LogP contribution in [0.1, 0.15) is 0 Å². The first-order chi connectivity index (χ1) is 4.63. The monoisotopic (exact) mass is 143 g/mol. The van der Waals surface area contributed by atoms with Gasteiger partial charge in [0.1, 0.15) is 0 Å². The molecule has 0 fully saturated rings. The highest BCUT2D eigenvalue weighted by atomic mass is 15.2. The SMILES string of the molecule is CN=C(/C(N)=N/N)N(C)C. The zero-order valence-corrected chi connectivity index (χ0v) is 6.50. The molecular weight excluding hydrogens is 130 g/mol. The third-order valence-corrected chi connectivity index (χ3v) is 1.00. The van der Waals surface area contributed by atoms with Crippen molar-refractivity contribution in [3.8, 4) is 0 Å². The number of hydrogen-bond donors (Lipinski definition) is 2. The lowest BCUT2D eigenvalue weighted by molar-refractivity contribution is 0.629. The van der Waals surface area contributed by atoms with Gasteiger partial charge in [-0.15, -0.1) is 0 Å². The Bertz CT molecular complexity index is 157. The van der Waals surface area contributed by atoms with Crippen LogP contribution < -0.4 is 11.6 Å². The van der Waals surface area contributed by atoms with Gasteiger partial charge in [0.2, 0.25) is 0 Å². The fourth-order valence-electron chi connectivity index (χ4n) is 0.601. The second kappa shape index (κ2) is 3.71. The van der Waals surface area contributed by atoms with Crippen LogP contribution in [0.25, 0.3) is 0 Å². The Kier molecular flexibility index (Phi) is 3.24. The number of aliphatic imine (C=N–C) groups is 1. The Hall–Kier alpha value is -1.26. The molecule has 0 rings (SSSR count). The minimum atomic E-state index is 0.243. The molecule has 0 aliphatic rings. The molecule has 5 nitrogen and oxygen atoms in total. The summed E-state index contributed by atoms with van der Waals surface area (Å²) in [5.74, 6) is 5.77. The number of amidine groups is 2. The number of hydrazone groups is 1. The van der Waals surface area contributed by atoms with Crippen LogP contribution in [-0.4, -0.2) is 37.7 Å². The fraction of sp³-hybridized carbons (Fsp3) is 0.600. The summed E-state index contributed by atoms with van der Waals surface area (Å²) in [4.78, 5) is 5.61. The molecule has 0 aromatic heterocycles. The molecule has 0 saturated carbocycles. The second-order valence-electron chi connectivity index (χ2n) is 1.96. The Morgan fingerprint density at radius 1 is 1.40 bits per heavy atom. The van der Waals surface area contributed by atoms with Gasteiger partial charge in [-0.05, 0) is 0 Å². The Morgan fingerprint density at radius 3 is 2.00 bits per heavy atom. The van der Waals surface area contributed by atoms with E-state index in [0.717, 1.165) is 0 Å². The van der Waals surface area contributed by atoms with E-state index in [4.69, 9.17) is 11.6 Å². The highest BCUT2D eigenvalue weighted by Crippen LogP contribution is 1.81. The van der Waals surface area contributed by atoms with E-state index in [-0.39, 0.29) is 5.84 Å². The maximum Gasteiger partial charge on any atom is 0.185 e. The number of hydrogen-bond acceptors (Lipinski definition) is 3. The van der Waals surface area contributed by atoms with Crippen molar-refractivity contribution in [3.05, 3.63) is 0 Å². The van der Waals surface area contributed by atoms with Crippen LogP contribution in [0.5, 0.6) is 0 Å². The summed E-state index contributed by atoms with van der Waals surface area (Å²) < 4.78 is 0. The highest BCUT2D eigenvalue weighted by molar-refractivity contribution is 6.39. The summed E-state index contributed by atoms with van der Waals surface area (Å²) in [6.45, 7) is 0. The van der Waals surface area contributed by atoms with Gasteiger partial charge in [-0.1, -0.05) is 0 Å². The van der Waals surface area contributed by atoms with Gasteiger partial charge in [0.25, 0.3) is 0 Å². The normalized spacial score (nSPS) is 13.5. The maximum absolute atomic E-state index is 5.38. The van der Waals surface area contributed by atoms with E-state index in [1.165, 1.54) is 0 Å². The molecule has 0 heterocycles. The van der Waals surface area contributed by atoms with Gasteiger partial charge in [0.05, 0.1) is 0 Å². The summed E-state index contributed by atoms with van der Waals surface area (Å²) in [5, 5.41) is 3.30. The molecule has 0 radical (unpaired) electrons. The summed E-state index contributed by atoms with van der Waals surface area (Å²) in [6.07, 6.45) is 0. The van der Waals surface area contributed by atoms with Gasteiger partial charge in [-0.3, -0.25) is 4.99 Å². The van der Waals surface area contributed by atoms with Crippen LogP contribution in [0, 0.1) is 0 Å². The van der Waals surface area contributed by atoms with Crippen molar-refractivity contribution >= 4 is 11.7 Å². The van der Waals surface area contributed by atoms with Gasteiger partial charge in [-0.25, -0.2) is 0 Å². The van der Waals surface area contributed by atoms with Crippen molar-refractivity contribution in [1.82, 2.24) is 4.90 Å². The molecule has 0 bridgehead atoms. The molecular formula is C5H13N5. The molecule has 0 aliphatic heterocycles. The summed E-state index contributed by atoms with van der Waals surface area (Å²) >= 11 is 0. The first-order valence-corrected chi connectivity index (χ1v) is 2.81. The quantitative estimate of drug-likeness (QED) is 0.193. The van der Waals surface area contributed by atoms with Crippen LogP contribution in [0.2, 0.25) is 0 Å². The molecule has 0 spiro atoms. The van der Waals surface area contributed by atoms with Crippen LogP contribution in [0.15, 0.2) is 10.1 Å². The average molecular weight is 143 g/mol. The molecule has 0 aromatic carbocycles. The zero-order valence-electron chi connectivity index (χ0n) is 6.50. The van der Waals surface area contributed by atoms with Gasteiger partial charge in [0, 0.05) is 21.1 Å². The van der Waals surface area contributed by atoms with Crippen molar-refractivity contribution in [2.45, 2.75) is 0 Å². The summed E-state index contributed by atoms with van der Waals surface area (Å²) in [7, 11) is 5.27. The zero-order chi connectivity index (χ0) is 8.15. The third-order valence-electron chi connectivity index (χ3n) is 1.00. The van der Waals surface area contributed by atoms with Gasteiger partial charge >= 0.3 is 0 Å². The molecule has 4 N–H and O–H groups in total. The van der Waals surface area contributed by atoms with Gasteiger partial charge < -0.3 is 16.5 Å². The Morgan fingerprint density at radius 2 is 1.90 bits per heavy atom. The van der Waals surface area contributed by atoms with Crippen molar-refractivity contribution in [2.24, 2.45) is 21.7 Å². The first kappa shape index (κ1) is 8.74. The number of rotatable bonds is 0. The first-order valence-electron chi connectivity index (χ1n) is 2.81. The Balaban J connectivity index is 4.39. The average Bonchev–Trinajstić information content (AvgIpc) is 1.88. The van der Waals surface area contributed by atoms with E-state index in [2.05, 4.69) is 10.1 Å². The minimum Gasteiger partial charge on any atom is -0.379 e. The van der Waals surface area contributed by atoms with Crippen LogP contribution in [0.4, 0.5) is 0 Å². The molecule has 0 aliphatic carbocycles. The molecule has 0 amide bonds. The second-order valence-corrected chi connectivity index (χ2v) is 1.96. The number of nitrogens with zero attached hydrogens (tertiary/aromatic N) is 3. The molecule has 0 aromatic rings. The molecule has 0 saturated heterocycles. The topological polar surface area (TPSA) is 80.0 Å². The predicted octanol–water partition coefficient (Wildman–Crippen LogP) is -1.19. The van der Waals surface area contributed by atoms with E-state index in [1.54, 1.807) is 11.9 Å². The van der Waals surface area contributed by atoms with E-state index in [1.807, 2.05) is 14.1 Å². The number of nitrogens with two attached hydrogens (primary N) is 2. The predicted molar refractivity (Wildman–Crippen MR) is 42.9 cm³/mol. The standard InChI is InChI=1S/C5H13N5/c1-8-5(10(2)3)4(6)9-7/h7H2,1-3H3,(H2,6,9). The van der Waals surface area contributed by atoms with Crippen molar-refractivity contribution in [3.63, 3.8) is 0 Å². The third kappa shape index (κ3) is 1.93. The largest absolute Gasteiger partial charge is 0.379 e. The smallest absolute Gasteiger partial charge is 0.185 e. The molecule has 58 valence electrons. The molecule has 0 atom stereocenters. The number of likely N-dealkylation sites (N-methyl/N-ethyl adjacent to an activating group) is 1. The van der Waals surface area contributed by atoms with E-state index in [9.17, 15) is 0 Å². The lowest BCUT2D eigenvalue weighted by atomic mass is 10.5. The summed E-state index contributed by atoms with van der Waals surface area (Å²) in [6, 6.07) is 0. The minimum absolute atomic E-state index is 0.243. The van der Waals surface area contributed by atoms with E-state index in [0.29, 0.717) is 5.84 Å². The highest BCUT2D eigenvalue weighted by Gasteiger charge is 2.03. The lowest BCUT2D eigenvalue weighted by Crippen LogP contribution is -2.36. The summed E-state index contributed by atoms with van der Waals surface area (Å²) in [5.41, 5.74) is 5.38. The lowest BCUT2D eigenvalue weighted by Gasteiger charge is -2.12. The van der Waals surface area contributed by atoms with E-state index >= 15 is 0 Å². The molecule has 10 heavy (non-hydrogen) atoms. The van der Waals surface area contributed by atoms with Crippen LogP contribution in [0.3, 0.4) is 0 Å². The van der Waals surface area contributed by atoms with Crippen molar-refractivity contribution < 1.29 is 0 Å². The van der Waals surface area contributed by atoms with Crippen LogP contribution in [-0.2, 0) is 0 Å². The fourth-order valence-corrected chi connectivity index (χ4v) is 0.601. The molecule has 5 heteroatoms. The maximum atomic E-state index is 5.38. The van der Waals surface area contributed by atoms with Crippen molar-refractivity contribution in [2.75, 3.05) is 21.1 Å². The van der Waals surface area contributed by atoms with Crippen molar-refractivity contribution in [1.29, 1.82) is 0 Å².